The molecule has 6 heteroatoms. The van der Waals surface area contributed by atoms with Crippen molar-refractivity contribution in [2.45, 2.75) is 77.4 Å². The summed E-state index contributed by atoms with van der Waals surface area (Å²) in [5.74, 6) is 0.372. The van der Waals surface area contributed by atoms with E-state index in [2.05, 4.69) is 42.0 Å². The van der Waals surface area contributed by atoms with Gasteiger partial charge in [-0.2, -0.15) is 0 Å². The molecule has 1 saturated carbocycles. The number of hydrogen-bond donors (Lipinski definition) is 1. The lowest BCUT2D eigenvalue weighted by atomic mass is 9.86. The van der Waals surface area contributed by atoms with E-state index in [-0.39, 0.29) is 29.9 Å². The van der Waals surface area contributed by atoms with E-state index in [1.54, 1.807) is 11.8 Å². The Morgan fingerprint density at radius 1 is 1.12 bits per heavy atom. The van der Waals surface area contributed by atoms with E-state index in [0.29, 0.717) is 12.3 Å². The molecule has 1 aliphatic carbocycles. The second-order valence-electron chi connectivity index (χ2n) is 9.85. The van der Waals surface area contributed by atoms with E-state index in [1.165, 1.54) is 0 Å². The van der Waals surface area contributed by atoms with Gasteiger partial charge in [0.1, 0.15) is 11.8 Å². The molecule has 0 aromatic heterocycles. The molecule has 33 heavy (non-hydrogen) atoms. The van der Waals surface area contributed by atoms with Gasteiger partial charge in [0.15, 0.2) is 6.61 Å². The van der Waals surface area contributed by atoms with Crippen molar-refractivity contribution >= 4 is 27.7 Å². The predicted molar refractivity (Wildman–Crippen MR) is 135 cm³/mol. The second kappa shape index (κ2) is 11.2. The Balaban J connectivity index is 1.76. The van der Waals surface area contributed by atoms with Gasteiger partial charge in [0.05, 0.1) is 0 Å². The number of carbonyl (C=O) groups excluding carboxylic acids is 2. The van der Waals surface area contributed by atoms with Crippen molar-refractivity contribution < 1.29 is 14.3 Å². The van der Waals surface area contributed by atoms with Crippen molar-refractivity contribution in [2.75, 3.05) is 6.61 Å². The summed E-state index contributed by atoms with van der Waals surface area (Å²) in [4.78, 5) is 28.0. The fourth-order valence-electron chi connectivity index (χ4n) is 4.24. The summed E-state index contributed by atoms with van der Waals surface area (Å²) in [5, 5.41) is 3.13. The first kappa shape index (κ1) is 25.3. The van der Waals surface area contributed by atoms with Crippen LogP contribution in [0.5, 0.6) is 5.75 Å². The molecule has 2 aromatic rings. The molecular weight excluding hydrogens is 480 g/mol. The van der Waals surface area contributed by atoms with E-state index in [9.17, 15) is 9.59 Å². The van der Waals surface area contributed by atoms with Crippen LogP contribution in [0.3, 0.4) is 0 Å². The number of amides is 2. The highest BCUT2D eigenvalue weighted by Gasteiger charge is 2.29. The van der Waals surface area contributed by atoms with E-state index in [1.807, 2.05) is 48.5 Å². The predicted octanol–water partition coefficient (Wildman–Crippen LogP) is 5.60. The van der Waals surface area contributed by atoms with Crippen LogP contribution < -0.4 is 10.1 Å². The first-order valence-corrected chi connectivity index (χ1v) is 12.5. The van der Waals surface area contributed by atoms with Crippen molar-refractivity contribution in [1.29, 1.82) is 0 Å². The van der Waals surface area contributed by atoms with Crippen LogP contribution in [0.15, 0.2) is 53.0 Å². The number of benzene rings is 2. The van der Waals surface area contributed by atoms with Gasteiger partial charge in [-0.1, -0.05) is 79.9 Å². The van der Waals surface area contributed by atoms with E-state index < -0.39 is 6.04 Å². The number of halogens is 1. The zero-order valence-corrected chi connectivity index (χ0v) is 21.7. The minimum absolute atomic E-state index is 0.107. The van der Waals surface area contributed by atoms with E-state index in [4.69, 9.17) is 4.74 Å². The van der Waals surface area contributed by atoms with Crippen LogP contribution in [0.1, 0.15) is 64.5 Å². The monoisotopic (exact) mass is 514 g/mol. The minimum atomic E-state index is -0.599. The average Bonchev–Trinajstić information content (AvgIpc) is 3.28. The topological polar surface area (TPSA) is 58.6 Å². The summed E-state index contributed by atoms with van der Waals surface area (Å²) in [7, 11) is 0. The molecular formula is C27H35BrN2O3. The summed E-state index contributed by atoms with van der Waals surface area (Å²) < 4.78 is 6.93. The Labute approximate surface area is 206 Å². The summed E-state index contributed by atoms with van der Waals surface area (Å²) in [5.41, 5.74) is 1.89. The highest BCUT2D eigenvalue weighted by Crippen LogP contribution is 2.31. The summed E-state index contributed by atoms with van der Waals surface area (Å²) in [6.07, 6.45) is 4.29. The zero-order chi connectivity index (χ0) is 24.0. The number of nitrogens with one attached hydrogen (secondary N) is 1. The molecule has 0 aliphatic heterocycles. The quantitative estimate of drug-likeness (QED) is 0.498. The maximum Gasteiger partial charge on any atom is 0.261 e. The van der Waals surface area contributed by atoms with Crippen LogP contribution in [0, 0.1) is 0 Å². The van der Waals surface area contributed by atoms with Gasteiger partial charge < -0.3 is 15.0 Å². The molecule has 0 radical (unpaired) electrons. The number of hydrogen-bond acceptors (Lipinski definition) is 3. The smallest absolute Gasteiger partial charge is 0.261 e. The molecule has 0 saturated heterocycles. The van der Waals surface area contributed by atoms with E-state index in [0.717, 1.165) is 41.3 Å². The average molecular weight is 515 g/mol. The highest BCUT2D eigenvalue weighted by molar-refractivity contribution is 9.10. The molecule has 3 rings (SSSR count). The summed E-state index contributed by atoms with van der Waals surface area (Å²) in [6, 6.07) is 15.2. The zero-order valence-electron chi connectivity index (χ0n) is 20.1. The van der Waals surface area contributed by atoms with Crippen LogP contribution in [0.4, 0.5) is 0 Å². The molecule has 0 unspecified atom stereocenters. The summed E-state index contributed by atoms with van der Waals surface area (Å²) in [6.45, 7) is 8.36. The highest BCUT2D eigenvalue weighted by atomic mass is 79.9. The molecule has 1 fully saturated rings. The first-order chi connectivity index (χ1) is 15.6. The number of nitrogens with zero attached hydrogens (tertiary/aromatic N) is 1. The fourth-order valence-corrected chi connectivity index (χ4v) is 4.69. The minimum Gasteiger partial charge on any atom is -0.483 e. The van der Waals surface area contributed by atoms with Crippen LogP contribution in [-0.2, 0) is 21.5 Å². The van der Waals surface area contributed by atoms with Crippen molar-refractivity contribution in [3.63, 3.8) is 0 Å². The van der Waals surface area contributed by atoms with Gasteiger partial charge in [0.2, 0.25) is 5.91 Å². The Morgan fingerprint density at radius 2 is 1.82 bits per heavy atom. The molecule has 1 atom stereocenters. The van der Waals surface area contributed by atoms with Crippen molar-refractivity contribution in [1.82, 2.24) is 10.2 Å². The lowest BCUT2D eigenvalue weighted by Gasteiger charge is -2.30. The Bertz CT molecular complexity index is 964. The molecule has 1 aliphatic rings. The van der Waals surface area contributed by atoms with Crippen molar-refractivity contribution in [2.24, 2.45) is 0 Å². The Morgan fingerprint density at radius 3 is 2.48 bits per heavy atom. The molecule has 2 aromatic carbocycles. The number of rotatable bonds is 8. The van der Waals surface area contributed by atoms with Gasteiger partial charge in [-0.05, 0) is 54.5 Å². The molecule has 0 bridgehead atoms. The number of carbonyl (C=O) groups is 2. The maximum absolute atomic E-state index is 13.4. The van der Waals surface area contributed by atoms with Gasteiger partial charge in [-0.15, -0.1) is 0 Å². The molecule has 0 heterocycles. The van der Waals surface area contributed by atoms with Crippen LogP contribution in [-0.4, -0.2) is 35.4 Å². The SMILES string of the molecule is C[C@@H](C(=O)NC1CCCC1)N(Cc1cccc(Br)c1)C(=O)COc1ccccc1C(C)(C)C. The fraction of sp³-hybridized carbons (Fsp3) is 0.481. The molecule has 5 nitrogen and oxygen atoms in total. The third-order valence-corrected chi connectivity index (χ3v) is 6.65. The van der Waals surface area contributed by atoms with Gasteiger partial charge in [0.25, 0.3) is 5.91 Å². The summed E-state index contributed by atoms with van der Waals surface area (Å²) >= 11 is 3.49. The Hall–Kier alpha value is -2.34. The second-order valence-corrected chi connectivity index (χ2v) is 10.8. The van der Waals surface area contributed by atoms with Gasteiger partial charge in [-0.3, -0.25) is 9.59 Å². The normalized spacial score (nSPS) is 15.2. The number of ether oxygens (including phenoxy) is 1. The van der Waals surface area contributed by atoms with Gasteiger partial charge in [0, 0.05) is 17.1 Å². The lowest BCUT2D eigenvalue weighted by molar-refractivity contribution is -0.142. The molecule has 0 spiro atoms. The van der Waals surface area contributed by atoms with Crippen molar-refractivity contribution in [3.8, 4) is 5.75 Å². The molecule has 2 amide bonds. The standard InChI is InChI=1S/C27H35BrN2O3/c1-19(26(32)29-22-12-5-6-13-22)30(17-20-10-9-11-21(28)16-20)25(31)18-33-24-15-8-7-14-23(24)27(2,3)4/h7-11,14-16,19,22H,5-6,12-13,17-18H2,1-4H3,(H,29,32)/t19-/m0/s1. The first-order valence-electron chi connectivity index (χ1n) is 11.7. The maximum atomic E-state index is 13.4. The largest absolute Gasteiger partial charge is 0.483 e. The lowest BCUT2D eigenvalue weighted by Crippen LogP contribution is -2.50. The Kier molecular flexibility index (Phi) is 8.57. The van der Waals surface area contributed by atoms with E-state index >= 15 is 0 Å². The molecule has 1 N–H and O–H groups in total. The van der Waals surface area contributed by atoms with Crippen LogP contribution >= 0.6 is 15.9 Å². The van der Waals surface area contributed by atoms with Gasteiger partial charge in [-0.25, -0.2) is 0 Å². The third kappa shape index (κ3) is 7.07. The number of para-hydroxylation sites is 1. The van der Waals surface area contributed by atoms with Crippen LogP contribution in [0.2, 0.25) is 0 Å². The van der Waals surface area contributed by atoms with Gasteiger partial charge >= 0.3 is 0 Å². The molecule has 178 valence electrons. The van der Waals surface area contributed by atoms with Crippen molar-refractivity contribution in [3.05, 3.63) is 64.1 Å². The van der Waals surface area contributed by atoms with Crippen LogP contribution in [0.25, 0.3) is 0 Å². The third-order valence-electron chi connectivity index (χ3n) is 6.16.